The van der Waals surface area contributed by atoms with E-state index in [0.29, 0.717) is 28.6 Å². The largest absolute Gasteiger partial charge is 0.497 e. The number of aromatic nitrogens is 2. The molecule has 0 saturated heterocycles. The first-order chi connectivity index (χ1) is 13.6. The van der Waals surface area contributed by atoms with Crippen LogP contribution in [-0.4, -0.2) is 44.5 Å². The van der Waals surface area contributed by atoms with Gasteiger partial charge in [-0.05, 0) is 24.3 Å². The van der Waals surface area contributed by atoms with Crippen LogP contribution in [0.15, 0.2) is 40.8 Å². The van der Waals surface area contributed by atoms with Crippen molar-refractivity contribution < 1.29 is 28.2 Å². The molecule has 146 valence electrons. The van der Waals surface area contributed by atoms with Crippen molar-refractivity contribution in [1.29, 1.82) is 0 Å². The lowest BCUT2D eigenvalue weighted by Gasteiger charge is -2.11. The Labute approximate surface area is 161 Å². The van der Waals surface area contributed by atoms with E-state index in [2.05, 4.69) is 15.5 Å². The zero-order valence-corrected chi connectivity index (χ0v) is 15.8. The zero-order chi connectivity index (χ0) is 20.1. The van der Waals surface area contributed by atoms with E-state index >= 15 is 0 Å². The highest BCUT2D eigenvalue weighted by atomic mass is 16.5. The fraction of sp³-hybridized carbons (Fsp3) is 0.211. The molecule has 1 N–H and O–H groups in total. The second-order valence-electron chi connectivity index (χ2n) is 5.51. The predicted octanol–water partition coefficient (Wildman–Crippen LogP) is 3.02. The summed E-state index contributed by atoms with van der Waals surface area (Å²) in [6.45, 7) is 0. The van der Waals surface area contributed by atoms with Gasteiger partial charge in [-0.15, -0.1) is 5.10 Å². The van der Waals surface area contributed by atoms with E-state index in [1.807, 2.05) is 0 Å². The van der Waals surface area contributed by atoms with Crippen molar-refractivity contribution >= 4 is 11.9 Å². The second-order valence-corrected chi connectivity index (χ2v) is 5.51. The van der Waals surface area contributed by atoms with Crippen LogP contribution in [0.3, 0.4) is 0 Å². The highest BCUT2D eigenvalue weighted by Gasteiger charge is 2.21. The summed E-state index contributed by atoms with van der Waals surface area (Å²) >= 11 is 0. The average molecular weight is 385 g/mol. The summed E-state index contributed by atoms with van der Waals surface area (Å²) < 4.78 is 26.5. The maximum atomic E-state index is 12.7. The van der Waals surface area contributed by atoms with Crippen molar-refractivity contribution in [2.45, 2.75) is 0 Å². The van der Waals surface area contributed by atoms with Gasteiger partial charge in [0.2, 0.25) is 5.89 Å². The van der Waals surface area contributed by atoms with Crippen molar-refractivity contribution in [2.24, 2.45) is 0 Å². The molecule has 0 spiro atoms. The van der Waals surface area contributed by atoms with Gasteiger partial charge in [-0.3, -0.25) is 10.1 Å². The fourth-order valence-corrected chi connectivity index (χ4v) is 2.56. The number of carbonyl (C=O) groups is 1. The summed E-state index contributed by atoms with van der Waals surface area (Å²) in [5, 5.41) is 10.4. The minimum atomic E-state index is -0.507. The van der Waals surface area contributed by atoms with Gasteiger partial charge < -0.3 is 23.4 Å². The molecular weight excluding hydrogens is 366 g/mol. The molecule has 0 atom stereocenters. The SMILES string of the molecule is COc1cc(OC)cc(-c2nnc(NC(=O)c3c(OC)cccc3OC)o2)c1. The Bertz CT molecular complexity index is 941. The molecule has 0 aliphatic rings. The highest BCUT2D eigenvalue weighted by molar-refractivity contribution is 6.07. The molecule has 0 fully saturated rings. The van der Waals surface area contributed by atoms with Crippen molar-refractivity contribution in [1.82, 2.24) is 10.2 Å². The molecular formula is C19H19N3O6. The average Bonchev–Trinajstić information content (AvgIpc) is 3.20. The molecule has 9 heteroatoms. The lowest BCUT2D eigenvalue weighted by atomic mass is 10.1. The Morgan fingerprint density at radius 3 is 2.04 bits per heavy atom. The summed E-state index contributed by atoms with van der Waals surface area (Å²) in [5.41, 5.74) is 0.800. The Balaban J connectivity index is 1.87. The number of nitrogens with one attached hydrogen (secondary N) is 1. The normalized spacial score (nSPS) is 10.3. The topological polar surface area (TPSA) is 105 Å². The number of carbonyl (C=O) groups excluding carboxylic acids is 1. The van der Waals surface area contributed by atoms with Crippen molar-refractivity contribution in [2.75, 3.05) is 33.8 Å². The molecule has 0 saturated carbocycles. The van der Waals surface area contributed by atoms with Crippen LogP contribution in [0, 0.1) is 0 Å². The Morgan fingerprint density at radius 1 is 0.893 bits per heavy atom. The van der Waals surface area contributed by atoms with E-state index < -0.39 is 5.91 Å². The van der Waals surface area contributed by atoms with Gasteiger partial charge in [0.05, 0.1) is 28.4 Å². The lowest BCUT2D eigenvalue weighted by Crippen LogP contribution is -2.14. The van der Waals surface area contributed by atoms with Crippen molar-refractivity contribution in [3.8, 4) is 34.5 Å². The van der Waals surface area contributed by atoms with E-state index in [0.717, 1.165) is 0 Å². The van der Waals surface area contributed by atoms with Gasteiger partial charge >= 0.3 is 6.01 Å². The van der Waals surface area contributed by atoms with Crippen LogP contribution in [0.5, 0.6) is 23.0 Å². The molecule has 1 amide bonds. The number of anilines is 1. The molecule has 0 unspecified atom stereocenters. The summed E-state index contributed by atoms with van der Waals surface area (Å²) in [5.74, 6) is 1.53. The third kappa shape index (κ3) is 3.83. The van der Waals surface area contributed by atoms with E-state index in [9.17, 15) is 4.79 Å². The van der Waals surface area contributed by atoms with Gasteiger partial charge in [-0.25, -0.2) is 0 Å². The van der Waals surface area contributed by atoms with Crippen LogP contribution in [0.4, 0.5) is 6.01 Å². The number of hydrogen-bond donors (Lipinski definition) is 1. The first-order valence-corrected chi connectivity index (χ1v) is 8.19. The summed E-state index contributed by atoms with van der Waals surface area (Å²) in [4.78, 5) is 12.7. The third-order valence-corrected chi connectivity index (χ3v) is 3.90. The minimum Gasteiger partial charge on any atom is -0.497 e. The van der Waals surface area contributed by atoms with E-state index in [4.69, 9.17) is 23.4 Å². The van der Waals surface area contributed by atoms with Crippen LogP contribution in [0.1, 0.15) is 10.4 Å². The molecule has 2 aromatic carbocycles. The van der Waals surface area contributed by atoms with Crippen molar-refractivity contribution in [3.05, 3.63) is 42.0 Å². The van der Waals surface area contributed by atoms with Crippen LogP contribution >= 0.6 is 0 Å². The van der Waals surface area contributed by atoms with Crippen LogP contribution in [0.2, 0.25) is 0 Å². The molecule has 0 bridgehead atoms. The Kier molecular flexibility index (Phi) is 5.64. The number of methoxy groups -OCH3 is 4. The monoisotopic (exact) mass is 385 g/mol. The molecule has 3 aromatic rings. The summed E-state index contributed by atoms with van der Waals surface area (Å²) in [6, 6.07) is 10.1. The molecule has 0 aliphatic carbocycles. The van der Waals surface area contributed by atoms with Gasteiger partial charge in [0.1, 0.15) is 28.6 Å². The number of amides is 1. The smallest absolute Gasteiger partial charge is 0.322 e. The fourth-order valence-electron chi connectivity index (χ4n) is 2.56. The standard InChI is InChI=1S/C19H19N3O6/c1-24-12-8-11(9-13(10-12)25-2)18-21-22-19(28-18)20-17(23)16-14(26-3)6-5-7-15(16)27-4/h5-10H,1-4H3,(H,20,22,23). The molecule has 0 radical (unpaired) electrons. The van der Waals surface area contributed by atoms with Gasteiger partial charge in [-0.2, -0.15) is 0 Å². The number of nitrogens with zero attached hydrogens (tertiary/aromatic N) is 2. The van der Waals surface area contributed by atoms with E-state index in [-0.39, 0.29) is 17.5 Å². The third-order valence-electron chi connectivity index (χ3n) is 3.90. The first kappa shape index (κ1) is 19.0. The molecule has 3 rings (SSSR count). The first-order valence-electron chi connectivity index (χ1n) is 8.19. The molecule has 28 heavy (non-hydrogen) atoms. The van der Waals surface area contributed by atoms with E-state index in [1.165, 1.54) is 14.2 Å². The van der Waals surface area contributed by atoms with Crippen LogP contribution in [-0.2, 0) is 0 Å². The quantitative estimate of drug-likeness (QED) is 0.662. The predicted molar refractivity (Wildman–Crippen MR) is 100 cm³/mol. The molecule has 9 nitrogen and oxygen atoms in total. The van der Waals surface area contributed by atoms with Gasteiger partial charge in [0, 0.05) is 11.6 Å². The highest BCUT2D eigenvalue weighted by Crippen LogP contribution is 2.31. The Morgan fingerprint density at radius 2 is 1.50 bits per heavy atom. The molecule has 1 heterocycles. The number of rotatable bonds is 7. The van der Waals surface area contributed by atoms with E-state index in [1.54, 1.807) is 50.6 Å². The van der Waals surface area contributed by atoms with Gasteiger partial charge in [0.15, 0.2) is 0 Å². The number of ether oxygens (including phenoxy) is 4. The number of hydrogen-bond acceptors (Lipinski definition) is 8. The molecule has 0 aliphatic heterocycles. The number of benzene rings is 2. The van der Waals surface area contributed by atoms with Crippen LogP contribution < -0.4 is 24.3 Å². The minimum absolute atomic E-state index is 0.0743. The lowest BCUT2D eigenvalue weighted by molar-refractivity contribution is 0.101. The molecule has 1 aromatic heterocycles. The van der Waals surface area contributed by atoms with Crippen molar-refractivity contribution in [3.63, 3.8) is 0 Å². The summed E-state index contributed by atoms with van der Waals surface area (Å²) in [7, 11) is 6.01. The summed E-state index contributed by atoms with van der Waals surface area (Å²) in [6.07, 6.45) is 0. The second kappa shape index (κ2) is 8.30. The van der Waals surface area contributed by atoms with Crippen LogP contribution in [0.25, 0.3) is 11.5 Å². The van der Waals surface area contributed by atoms with Gasteiger partial charge in [-0.1, -0.05) is 11.2 Å². The maximum Gasteiger partial charge on any atom is 0.322 e. The Hall–Kier alpha value is -3.75. The zero-order valence-electron chi connectivity index (χ0n) is 15.8. The van der Waals surface area contributed by atoms with Gasteiger partial charge in [0.25, 0.3) is 5.91 Å². The maximum absolute atomic E-state index is 12.7.